The van der Waals surface area contributed by atoms with Crippen LogP contribution in [0.2, 0.25) is 0 Å². The van der Waals surface area contributed by atoms with Gasteiger partial charge in [-0.3, -0.25) is 4.79 Å². The molecule has 1 N–H and O–H groups in total. The second-order valence-electron chi connectivity index (χ2n) is 4.19. The Morgan fingerprint density at radius 3 is 2.47 bits per heavy atom. The lowest BCUT2D eigenvalue weighted by atomic mass is 10.2. The van der Waals surface area contributed by atoms with Gasteiger partial charge in [0.1, 0.15) is 6.54 Å². The number of nitrogens with one attached hydrogen (secondary N) is 1. The molecule has 98 valence electrons. The number of carbonyl (C=O) groups is 2. The number of ether oxygens (including phenoxy) is 1. The SMILES string of the molecule is CCOC(=O)CNC(=O)N(CC)C1CCCC1. The van der Waals surface area contributed by atoms with Crippen LogP contribution >= 0.6 is 0 Å². The monoisotopic (exact) mass is 242 g/mol. The molecule has 5 heteroatoms. The first kappa shape index (κ1) is 13.8. The molecule has 0 heterocycles. The van der Waals surface area contributed by atoms with Gasteiger partial charge in [0.05, 0.1) is 6.61 Å². The van der Waals surface area contributed by atoms with E-state index in [4.69, 9.17) is 4.74 Å². The van der Waals surface area contributed by atoms with Crippen molar-refractivity contribution >= 4 is 12.0 Å². The maximum Gasteiger partial charge on any atom is 0.325 e. The number of hydrogen-bond acceptors (Lipinski definition) is 3. The van der Waals surface area contributed by atoms with Crippen LogP contribution in [0.1, 0.15) is 39.5 Å². The van der Waals surface area contributed by atoms with Crippen molar-refractivity contribution in [1.29, 1.82) is 0 Å². The highest BCUT2D eigenvalue weighted by molar-refractivity contribution is 5.81. The summed E-state index contributed by atoms with van der Waals surface area (Å²) in [6.07, 6.45) is 4.51. The largest absolute Gasteiger partial charge is 0.465 e. The molecule has 0 aromatic heterocycles. The van der Waals surface area contributed by atoms with Gasteiger partial charge in [-0.15, -0.1) is 0 Å². The highest BCUT2D eigenvalue weighted by atomic mass is 16.5. The van der Waals surface area contributed by atoms with Gasteiger partial charge in [-0.05, 0) is 26.7 Å². The summed E-state index contributed by atoms with van der Waals surface area (Å²) in [4.78, 5) is 24.8. The Morgan fingerprint density at radius 1 is 1.29 bits per heavy atom. The molecule has 1 aliphatic carbocycles. The molecule has 0 radical (unpaired) electrons. The van der Waals surface area contributed by atoms with Crippen LogP contribution in [0, 0.1) is 0 Å². The number of rotatable bonds is 5. The van der Waals surface area contributed by atoms with E-state index >= 15 is 0 Å². The molecular formula is C12H22N2O3. The lowest BCUT2D eigenvalue weighted by Crippen LogP contribution is -2.46. The second-order valence-corrected chi connectivity index (χ2v) is 4.19. The zero-order valence-electron chi connectivity index (χ0n) is 10.7. The Bertz CT molecular complexity index is 262. The van der Waals surface area contributed by atoms with Crippen molar-refractivity contribution < 1.29 is 14.3 Å². The summed E-state index contributed by atoms with van der Waals surface area (Å²) in [6.45, 7) is 4.68. The number of nitrogens with zero attached hydrogens (tertiary/aromatic N) is 1. The van der Waals surface area contributed by atoms with E-state index in [0.29, 0.717) is 19.2 Å². The standard InChI is InChI=1S/C12H22N2O3/c1-3-14(10-7-5-6-8-10)12(16)13-9-11(15)17-4-2/h10H,3-9H2,1-2H3,(H,13,16). The summed E-state index contributed by atoms with van der Waals surface area (Å²) >= 11 is 0. The third-order valence-electron chi connectivity index (χ3n) is 3.06. The van der Waals surface area contributed by atoms with E-state index in [-0.39, 0.29) is 18.5 Å². The highest BCUT2D eigenvalue weighted by Crippen LogP contribution is 2.23. The van der Waals surface area contributed by atoms with Crippen molar-refractivity contribution in [2.45, 2.75) is 45.6 Å². The maximum atomic E-state index is 11.9. The number of hydrogen-bond donors (Lipinski definition) is 1. The fraction of sp³-hybridized carbons (Fsp3) is 0.833. The molecule has 1 saturated carbocycles. The summed E-state index contributed by atoms with van der Waals surface area (Å²) < 4.78 is 4.76. The van der Waals surface area contributed by atoms with Gasteiger partial charge >= 0.3 is 12.0 Å². The highest BCUT2D eigenvalue weighted by Gasteiger charge is 2.25. The van der Waals surface area contributed by atoms with Crippen LogP contribution < -0.4 is 5.32 Å². The molecule has 0 unspecified atom stereocenters. The van der Waals surface area contributed by atoms with Crippen molar-refractivity contribution in [3.05, 3.63) is 0 Å². The Labute approximate surface area is 102 Å². The molecule has 0 spiro atoms. The van der Waals surface area contributed by atoms with Gasteiger partial charge in [0.15, 0.2) is 0 Å². The fourth-order valence-electron chi connectivity index (χ4n) is 2.24. The predicted molar refractivity (Wildman–Crippen MR) is 64.7 cm³/mol. The van der Waals surface area contributed by atoms with Gasteiger partial charge in [-0.2, -0.15) is 0 Å². The van der Waals surface area contributed by atoms with Gasteiger partial charge in [0.2, 0.25) is 0 Å². The first-order chi connectivity index (χ1) is 8.19. The quantitative estimate of drug-likeness (QED) is 0.744. The summed E-state index contributed by atoms with van der Waals surface area (Å²) in [7, 11) is 0. The molecule has 2 amide bonds. The Kier molecular flexibility index (Phi) is 5.80. The molecular weight excluding hydrogens is 220 g/mol. The van der Waals surface area contributed by atoms with Crippen LogP contribution in [-0.2, 0) is 9.53 Å². The summed E-state index contributed by atoms with van der Waals surface area (Å²) in [6, 6.07) is 0.176. The first-order valence-electron chi connectivity index (χ1n) is 6.39. The van der Waals surface area contributed by atoms with Crippen molar-refractivity contribution in [3.63, 3.8) is 0 Å². The van der Waals surface area contributed by atoms with E-state index in [0.717, 1.165) is 12.8 Å². The number of esters is 1. The van der Waals surface area contributed by atoms with E-state index in [1.165, 1.54) is 12.8 Å². The molecule has 1 aliphatic rings. The van der Waals surface area contributed by atoms with Gasteiger partial charge in [-0.1, -0.05) is 12.8 Å². The lowest BCUT2D eigenvalue weighted by Gasteiger charge is -2.27. The van der Waals surface area contributed by atoms with Gasteiger partial charge in [-0.25, -0.2) is 4.79 Å². The molecule has 0 aliphatic heterocycles. The third kappa shape index (κ3) is 4.24. The number of urea groups is 1. The van der Waals surface area contributed by atoms with E-state index in [2.05, 4.69) is 5.32 Å². The zero-order valence-corrected chi connectivity index (χ0v) is 10.7. The molecule has 0 aromatic rings. The minimum absolute atomic E-state index is 0.0457. The smallest absolute Gasteiger partial charge is 0.325 e. The van der Waals surface area contributed by atoms with Gasteiger partial charge < -0.3 is 15.0 Å². The van der Waals surface area contributed by atoms with Crippen LogP contribution in [0.3, 0.4) is 0 Å². The summed E-state index contributed by atoms with van der Waals surface area (Å²) in [5.41, 5.74) is 0. The van der Waals surface area contributed by atoms with Crippen LogP contribution in [0.4, 0.5) is 4.79 Å². The molecule has 1 fully saturated rings. The fourth-order valence-corrected chi connectivity index (χ4v) is 2.24. The minimum atomic E-state index is -0.386. The summed E-state index contributed by atoms with van der Waals surface area (Å²) in [5, 5.41) is 2.61. The average molecular weight is 242 g/mol. The zero-order chi connectivity index (χ0) is 12.7. The molecule has 5 nitrogen and oxygen atoms in total. The number of amides is 2. The van der Waals surface area contributed by atoms with Gasteiger partial charge in [0.25, 0.3) is 0 Å². The Hall–Kier alpha value is -1.26. The van der Waals surface area contributed by atoms with Crippen molar-refractivity contribution in [2.24, 2.45) is 0 Å². The topological polar surface area (TPSA) is 58.6 Å². The molecule has 0 atom stereocenters. The van der Waals surface area contributed by atoms with E-state index < -0.39 is 0 Å². The van der Waals surface area contributed by atoms with Crippen LogP contribution in [-0.4, -0.2) is 42.6 Å². The lowest BCUT2D eigenvalue weighted by molar-refractivity contribution is -0.141. The van der Waals surface area contributed by atoms with Crippen molar-refractivity contribution in [2.75, 3.05) is 19.7 Å². The first-order valence-corrected chi connectivity index (χ1v) is 6.39. The van der Waals surface area contributed by atoms with Crippen LogP contribution in [0.25, 0.3) is 0 Å². The second kappa shape index (κ2) is 7.14. The van der Waals surface area contributed by atoms with E-state index in [1.54, 1.807) is 6.92 Å². The molecule has 1 rings (SSSR count). The maximum absolute atomic E-state index is 11.9. The van der Waals surface area contributed by atoms with Crippen LogP contribution in [0.5, 0.6) is 0 Å². The Balaban J connectivity index is 2.35. The van der Waals surface area contributed by atoms with E-state index in [9.17, 15) is 9.59 Å². The minimum Gasteiger partial charge on any atom is -0.465 e. The van der Waals surface area contributed by atoms with Crippen molar-refractivity contribution in [3.8, 4) is 0 Å². The average Bonchev–Trinajstić information content (AvgIpc) is 2.81. The normalized spacial score (nSPS) is 15.6. The molecule has 0 bridgehead atoms. The van der Waals surface area contributed by atoms with Crippen molar-refractivity contribution in [1.82, 2.24) is 10.2 Å². The predicted octanol–water partition coefficient (Wildman–Crippen LogP) is 1.52. The molecule has 0 saturated heterocycles. The van der Waals surface area contributed by atoms with Gasteiger partial charge in [0, 0.05) is 12.6 Å². The summed E-state index contributed by atoms with van der Waals surface area (Å²) in [5.74, 6) is -0.386. The third-order valence-corrected chi connectivity index (χ3v) is 3.06. The van der Waals surface area contributed by atoms with Crippen LogP contribution in [0.15, 0.2) is 0 Å². The molecule has 17 heavy (non-hydrogen) atoms. The number of carbonyl (C=O) groups excluding carboxylic acids is 2. The molecule has 0 aromatic carbocycles. The Morgan fingerprint density at radius 2 is 1.94 bits per heavy atom. The van der Waals surface area contributed by atoms with E-state index in [1.807, 2.05) is 11.8 Å².